The van der Waals surface area contributed by atoms with Gasteiger partial charge in [0, 0.05) is 26.2 Å². The number of hydrogen-bond acceptors (Lipinski definition) is 5. The summed E-state index contributed by atoms with van der Waals surface area (Å²) < 4.78 is 37.1. The quantitative estimate of drug-likeness (QED) is 0.844. The number of para-hydroxylation sites is 1. The molecule has 2 aliphatic rings. The van der Waals surface area contributed by atoms with Gasteiger partial charge in [0.05, 0.1) is 29.3 Å². The molecule has 1 amide bonds. The van der Waals surface area contributed by atoms with E-state index >= 15 is 0 Å². The Labute approximate surface area is 147 Å². The van der Waals surface area contributed by atoms with Crippen LogP contribution in [0.25, 0.3) is 0 Å². The van der Waals surface area contributed by atoms with Gasteiger partial charge in [-0.05, 0) is 25.5 Å². The number of benzene rings is 1. The summed E-state index contributed by atoms with van der Waals surface area (Å²) in [5, 5.41) is 2.88. The van der Waals surface area contributed by atoms with Crippen LogP contribution >= 0.6 is 0 Å². The molecule has 0 aliphatic carbocycles. The maximum absolute atomic E-state index is 13.8. The van der Waals surface area contributed by atoms with Crippen LogP contribution in [0.5, 0.6) is 0 Å². The molecule has 1 aromatic rings. The molecule has 0 saturated carbocycles. The molecule has 6 nitrogen and oxygen atoms in total. The van der Waals surface area contributed by atoms with Crippen LogP contribution in [0.3, 0.4) is 0 Å². The van der Waals surface area contributed by atoms with Gasteiger partial charge in [0.25, 0.3) is 0 Å². The van der Waals surface area contributed by atoms with Gasteiger partial charge < -0.3 is 10.2 Å². The van der Waals surface area contributed by atoms with E-state index in [0.29, 0.717) is 38.3 Å². The Morgan fingerprint density at radius 3 is 2.52 bits per heavy atom. The van der Waals surface area contributed by atoms with Crippen LogP contribution < -0.4 is 10.2 Å². The smallest absolute Gasteiger partial charge is 0.234 e. The van der Waals surface area contributed by atoms with Crippen molar-refractivity contribution in [2.24, 2.45) is 0 Å². The zero-order chi connectivity index (χ0) is 18.1. The fourth-order valence-electron chi connectivity index (χ4n) is 3.54. The largest absolute Gasteiger partial charge is 0.367 e. The number of carbonyl (C=O) groups is 1. The SMILES string of the molecule is C[C@]1(NC(=O)CN2CCN(c3ccccc3F)CC2)CCS(=O)(=O)C1. The minimum Gasteiger partial charge on any atom is -0.367 e. The van der Waals surface area contributed by atoms with Crippen LogP contribution in [0, 0.1) is 5.82 Å². The zero-order valence-electron chi connectivity index (χ0n) is 14.4. The van der Waals surface area contributed by atoms with E-state index < -0.39 is 15.4 Å². The molecule has 1 aromatic carbocycles. The van der Waals surface area contributed by atoms with Crippen LogP contribution in [0.1, 0.15) is 13.3 Å². The fourth-order valence-corrected chi connectivity index (χ4v) is 5.64. The molecule has 0 unspecified atom stereocenters. The summed E-state index contributed by atoms with van der Waals surface area (Å²) in [5.74, 6) is -0.249. The standard InChI is InChI=1S/C17H24FN3O3S/c1-17(6-11-25(23,24)13-17)19-16(22)12-20-7-9-21(10-8-20)15-5-3-2-4-14(15)18/h2-5H,6-13H2,1H3,(H,19,22)/t17-/m0/s1. The van der Waals surface area contributed by atoms with E-state index in [1.54, 1.807) is 19.1 Å². The first-order valence-corrected chi connectivity index (χ1v) is 10.3. The number of nitrogens with zero attached hydrogens (tertiary/aromatic N) is 2. The van der Waals surface area contributed by atoms with Crippen molar-refractivity contribution in [1.82, 2.24) is 10.2 Å². The predicted molar refractivity (Wildman–Crippen MR) is 94.9 cm³/mol. The summed E-state index contributed by atoms with van der Waals surface area (Å²) >= 11 is 0. The van der Waals surface area contributed by atoms with Gasteiger partial charge in [-0.25, -0.2) is 12.8 Å². The topological polar surface area (TPSA) is 69.7 Å². The summed E-state index contributed by atoms with van der Waals surface area (Å²) in [6.45, 7) is 4.65. The summed E-state index contributed by atoms with van der Waals surface area (Å²) in [4.78, 5) is 16.3. The van der Waals surface area contributed by atoms with Crippen LogP contribution in [0.2, 0.25) is 0 Å². The molecule has 8 heteroatoms. The molecule has 1 atom stereocenters. The lowest BCUT2D eigenvalue weighted by molar-refractivity contribution is -0.123. The number of nitrogens with one attached hydrogen (secondary N) is 1. The van der Waals surface area contributed by atoms with Gasteiger partial charge in [0.1, 0.15) is 5.82 Å². The van der Waals surface area contributed by atoms with Crippen molar-refractivity contribution >= 4 is 21.4 Å². The predicted octanol–water partition coefficient (Wildman–Crippen LogP) is 0.641. The Hall–Kier alpha value is -1.67. The minimum atomic E-state index is -3.05. The number of sulfone groups is 1. The van der Waals surface area contributed by atoms with Gasteiger partial charge in [0.15, 0.2) is 9.84 Å². The Balaban J connectivity index is 1.49. The van der Waals surface area contributed by atoms with Gasteiger partial charge in [-0.1, -0.05) is 12.1 Å². The van der Waals surface area contributed by atoms with Crippen molar-refractivity contribution < 1.29 is 17.6 Å². The molecule has 138 valence electrons. The number of halogens is 1. The number of hydrogen-bond donors (Lipinski definition) is 1. The average molecular weight is 369 g/mol. The van der Waals surface area contributed by atoms with E-state index in [-0.39, 0.29) is 29.8 Å². The first-order chi connectivity index (χ1) is 11.8. The van der Waals surface area contributed by atoms with Gasteiger partial charge in [-0.15, -0.1) is 0 Å². The Morgan fingerprint density at radius 2 is 1.92 bits per heavy atom. The number of amides is 1. The van der Waals surface area contributed by atoms with Crippen molar-refractivity contribution in [2.45, 2.75) is 18.9 Å². The second kappa shape index (κ2) is 6.92. The molecule has 25 heavy (non-hydrogen) atoms. The molecule has 2 saturated heterocycles. The second-order valence-corrected chi connectivity index (χ2v) is 9.35. The van der Waals surface area contributed by atoms with Crippen molar-refractivity contribution in [1.29, 1.82) is 0 Å². The van der Waals surface area contributed by atoms with E-state index in [9.17, 15) is 17.6 Å². The highest BCUT2D eigenvalue weighted by atomic mass is 32.2. The Morgan fingerprint density at radius 1 is 1.24 bits per heavy atom. The number of anilines is 1. The summed E-state index contributed by atoms with van der Waals surface area (Å²) in [6, 6.07) is 6.70. The monoisotopic (exact) mass is 369 g/mol. The first-order valence-electron chi connectivity index (χ1n) is 8.50. The van der Waals surface area contributed by atoms with Crippen molar-refractivity contribution in [2.75, 3.05) is 49.1 Å². The molecule has 0 spiro atoms. The van der Waals surface area contributed by atoms with E-state index in [2.05, 4.69) is 5.32 Å². The van der Waals surface area contributed by atoms with Crippen molar-refractivity contribution in [3.63, 3.8) is 0 Å². The maximum atomic E-state index is 13.8. The van der Waals surface area contributed by atoms with Crippen molar-refractivity contribution in [3.05, 3.63) is 30.1 Å². The highest BCUT2D eigenvalue weighted by molar-refractivity contribution is 7.91. The lowest BCUT2D eigenvalue weighted by Gasteiger charge is -2.36. The fraction of sp³-hybridized carbons (Fsp3) is 0.588. The van der Waals surface area contributed by atoms with Crippen molar-refractivity contribution in [3.8, 4) is 0 Å². The highest BCUT2D eigenvalue weighted by Crippen LogP contribution is 2.23. The molecule has 2 heterocycles. The normalized spacial score (nSPS) is 26.6. The minimum absolute atomic E-state index is 0.00675. The summed E-state index contributed by atoms with van der Waals surface area (Å²) in [7, 11) is -3.05. The molecule has 1 N–H and O–H groups in total. The van der Waals surface area contributed by atoms with Crippen LogP contribution in [0.15, 0.2) is 24.3 Å². The van der Waals surface area contributed by atoms with Gasteiger partial charge in [-0.3, -0.25) is 9.69 Å². The molecule has 0 radical (unpaired) electrons. The van der Waals surface area contributed by atoms with E-state index in [1.165, 1.54) is 6.07 Å². The van der Waals surface area contributed by atoms with Gasteiger partial charge >= 0.3 is 0 Å². The third-order valence-corrected chi connectivity index (χ3v) is 6.78. The molecule has 0 aromatic heterocycles. The van der Waals surface area contributed by atoms with Crippen LogP contribution in [-0.4, -0.2) is 69.0 Å². The molecular weight excluding hydrogens is 345 g/mol. The van der Waals surface area contributed by atoms with E-state index in [4.69, 9.17) is 0 Å². The van der Waals surface area contributed by atoms with E-state index in [0.717, 1.165) is 0 Å². The second-order valence-electron chi connectivity index (χ2n) is 7.17. The zero-order valence-corrected chi connectivity index (χ0v) is 15.2. The molecule has 0 bridgehead atoms. The molecular formula is C17H24FN3O3S. The number of piperazine rings is 1. The summed E-state index contributed by atoms with van der Waals surface area (Å²) in [6.07, 6.45) is 0.460. The Kier molecular flexibility index (Phi) is 5.02. The lowest BCUT2D eigenvalue weighted by Crippen LogP contribution is -2.53. The Bertz CT molecular complexity index is 747. The maximum Gasteiger partial charge on any atom is 0.234 e. The lowest BCUT2D eigenvalue weighted by atomic mass is 10.0. The third kappa shape index (κ3) is 4.49. The first kappa shape index (κ1) is 18.1. The average Bonchev–Trinajstić information content (AvgIpc) is 2.81. The molecule has 2 aliphatic heterocycles. The third-order valence-electron chi connectivity index (χ3n) is 4.88. The molecule has 2 fully saturated rings. The van der Waals surface area contributed by atoms with Gasteiger partial charge in [0.2, 0.25) is 5.91 Å². The van der Waals surface area contributed by atoms with Crippen LogP contribution in [-0.2, 0) is 14.6 Å². The number of rotatable bonds is 4. The number of carbonyl (C=O) groups excluding carboxylic acids is 1. The van der Waals surface area contributed by atoms with Gasteiger partial charge in [-0.2, -0.15) is 0 Å². The van der Waals surface area contributed by atoms with E-state index in [1.807, 2.05) is 15.9 Å². The summed E-state index contributed by atoms with van der Waals surface area (Å²) in [5.41, 5.74) is -0.0690. The van der Waals surface area contributed by atoms with Crippen LogP contribution in [0.4, 0.5) is 10.1 Å². The molecule has 3 rings (SSSR count). The highest BCUT2D eigenvalue weighted by Gasteiger charge is 2.39.